The highest BCUT2D eigenvalue weighted by molar-refractivity contribution is 8.04. The quantitative estimate of drug-likeness (QED) is 0.452. The Hall–Kier alpha value is -3.38. The summed E-state index contributed by atoms with van der Waals surface area (Å²) in [7, 11) is 0. The van der Waals surface area contributed by atoms with Crippen LogP contribution in [0.4, 0.5) is 19.0 Å². The smallest absolute Gasteiger partial charge is 0.319 e. The number of piperazine rings is 1. The molecule has 2 aromatic heterocycles. The Morgan fingerprint density at radius 2 is 1.98 bits per heavy atom. The second kappa shape index (κ2) is 11.4. The number of nitriles is 1. The summed E-state index contributed by atoms with van der Waals surface area (Å²) in [5, 5.41) is 12.8. The molecule has 6 heterocycles. The molecule has 1 saturated carbocycles. The molecule has 2 aromatic rings. The third-order valence-corrected chi connectivity index (χ3v) is 11.3. The van der Waals surface area contributed by atoms with Crippen molar-refractivity contribution in [3.63, 3.8) is 0 Å². The molecular weight excluding hydrogens is 617 g/mol. The molecule has 10 nitrogen and oxygen atoms in total. The molecule has 0 spiro atoms. The van der Waals surface area contributed by atoms with Crippen LogP contribution in [0.5, 0.6) is 6.01 Å². The molecule has 0 radical (unpaired) electrons. The first-order valence-corrected chi connectivity index (χ1v) is 16.8. The number of morpholine rings is 1. The van der Waals surface area contributed by atoms with Crippen molar-refractivity contribution in [3.05, 3.63) is 46.0 Å². The van der Waals surface area contributed by atoms with Gasteiger partial charge >= 0.3 is 6.01 Å². The first-order valence-electron chi connectivity index (χ1n) is 15.9. The summed E-state index contributed by atoms with van der Waals surface area (Å²) in [6.45, 7) is 7.20. The van der Waals surface area contributed by atoms with E-state index in [0.717, 1.165) is 63.2 Å². The van der Waals surface area contributed by atoms with Gasteiger partial charge in [-0.25, -0.2) is 13.2 Å². The Kier molecular flexibility index (Phi) is 7.43. The maximum absolute atomic E-state index is 16.7. The van der Waals surface area contributed by atoms with Gasteiger partial charge in [0.05, 0.1) is 46.6 Å². The van der Waals surface area contributed by atoms with Gasteiger partial charge in [-0.3, -0.25) is 9.88 Å². The van der Waals surface area contributed by atoms with Crippen LogP contribution in [0.3, 0.4) is 0 Å². The Balaban J connectivity index is 1.17. The zero-order valence-electron chi connectivity index (χ0n) is 25.4. The predicted molar refractivity (Wildman–Crippen MR) is 167 cm³/mol. The minimum atomic E-state index is -1.13. The zero-order chi connectivity index (χ0) is 31.7. The molecule has 46 heavy (non-hydrogen) atoms. The number of nitrogens with two attached hydrogens (primary N) is 1. The van der Waals surface area contributed by atoms with E-state index < -0.39 is 28.6 Å². The number of allylic oxidation sites excluding steroid dienone is 4. The van der Waals surface area contributed by atoms with Crippen LogP contribution in [0, 0.1) is 28.5 Å². The fourth-order valence-electron chi connectivity index (χ4n) is 7.61. The summed E-state index contributed by atoms with van der Waals surface area (Å²) in [6.07, 6.45) is 6.73. The van der Waals surface area contributed by atoms with Crippen molar-refractivity contribution in [2.24, 2.45) is 17.1 Å². The van der Waals surface area contributed by atoms with Crippen molar-refractivity contribution >= 4 is 34.1 Å². The number of aromatic nitrogens is 3. The number of hydrogen-bond donors (Lipinski definition) is 2. The van der Waals surface area contributed by atoms with E-state index in [0.29, 0.717) is 49.6 Å². The van der Waals surface area contributed by atoms with Crippen LogP contribution in [0.25, 0.3) is 16.5 Å². The third kappa shape index (κ3) is 5.21. The molecule has 0 amide bonds. The number of hydrogen-bond acceptors (Lipinski definition) is 11. The first-order chi connectivity index (χ1) is 22.2. The van der Waals surface area contributed by atoms with Crippen molar-refractivity contribution < 1.29 is 22.6 Å². The van der Waals surface area contributed by atoms with Crippen molar-refractivity contribution in [1.82, 2.24) is 25.2 Å². The highest BCUT2D eigenvalue weighted by Crippen LogP contribution is 2.53. The van der Waals surface area contributed by atoms with Crippen LogP contribution in [0.15, 0.2) is 34.5 Å². The molecular formula is C32H35F3N8O2S. The second-order valence-electron chi connectivity index (χ2n) is 13.5. The van der Waals surface area contributed by atoms with Crippen LogP contribution in [-0.4, -0.2) is 89.2 Å². The summed E-state index contributed by atoms with van der Waals surface area (Å²) in [5.74, 6) is -3.41. The van der Waals surface area contributed by atoms with Crippen LogP contribution < -0.4 is 20.7 Å². The number of nitrogens with one attached hydrogen (secondary N) is 1. The number of rotatable bonds is 7. The van der Waals surface area contributed by atoms with Crippen LogP contribution in [0.1, 0.15) is 38.3 Å². The van der Waals surface area contributed by atoms with Gasteiger partial charge in [0.2, 0.25) is 0 Å². The highest BCUT2D eigenvalue weighted by Gasteiger charge is 2.47. The molecule has 242 valence electrons. The molecule has 4 fully saturated rings. The fraction of sp³-hybridized carbons (Fsp3) is 0.562. The maximum atomic E-state index is 16.7. The molecule has 4 aliphatic heterocycles. The maximum Gasteiger partial charge on any atom is 0.319 e. The predicted octanol–water partition coefficient (Wildman–Crippen LogP) is 3.96. The molecule has 5 atom stereocenters. The molecule has 14 heteroatoms. The van der Waals surface area contributed by atoms with Gasteiger partial charge in [-0.1, -0.05) is 11.8 Å². The number of pyridine rings is 1. The summed E-state index contributed by atoms with van der Waals surface area (Å²) in [5.41, 5.74) is 5.89. The van der Waals surface area contributed by atoms with Gasteiger partial charge in [-0.15, -0.1) is 0 Å². The minimum absolute atomic E-state index is 0.0169. The molecule has 6 aliphatic rings. The Morgan fingerprint density at radius 1 is 1.20 bits per heavy atom. The van der Waals surface area contributed by atoms with Crippen molar-refractivity contribution in [2.45, 2.75) is 56.0 Å². The first kappa shape index (κ1) is 30.0. The summed E-state index contributed by atoms with van der Waals surface area (Å²) >= 11 is 0.861. The van der Waals surface area contributed by atoms with Gasteiger partial charge in [-0.2, -0.15) is 15.2 Å². The van der Waals surface area contributed by atoms with Crippen LogP contribution in [-0.2, 0) is 4.74 Å². The zero-order valence-corrected chi connectivity index (χ0v) is 26.3. The third-order valence-electron chi connectivity index (χ3n) is 10.1. The Labute approximate surface area is 268 Å². The number of nitrogens with zero attached hydrogens (tertiary/aromatic N) is 6. The van der Waals surface area contributed by atoms with Gasteiger partial charge in [0.15, 0.2) is 11.6 Å². The van der Waals surface area contributed by atoms with E-state index in [1.807, 2.05) is 6.07 Å². The van der Waals surface area contributed by atoms with Crippen molar-refractivity contribution in [2.75, 3.05) is 50.8 Å². The number of fused-ring (bicyclic) bond motifs is 4. The molecule has 2 aliphatic carbocycles. The topological polar surface area (TPSA) is 125 Å². The van der Waals surface area contributed by atoms with Crippen molar-refractivity contribution in [3.8, 4) is 12.1 Å². The van der Waals surface area contributed by atoms with Gasteiger partial charge in [-0.05, 0) is 44.3 Å². The number of anilines is 1. The molecule has 2 bridgehead atoms. The van der Waals surface area contributed by atoms with Crippen molar-refractivity contribution in [1.29, 1.82) is 5.26 Å². The highest BCUT2D eigenvalue weighted by atomic mass is 32.2. The van der Waals surface area contributed by atoms with Crippen LogP contribution in [0.2, 0.25) is 0 Å². The normalized spacial score (nSPS) is 30.5. The Morgan fingerprint density at radius 3 is 2.70 bits per heavy atom. The van der Waals surface area contributed by atoms with E-state index in [-0.39, 0.29) is 44.9 Å². The lowest BCUT2D eigenvalue weighted by atomic mass is 9.82. The van der Waals surface area contributed by atoms with E-state index in [2.05, 4.69) is 32.0 Å². The summed E-state index contributed by atoms with van der Waals surface area (Å²) in [4.78, 5) is 18.4. The van der Waals surface area contributed by atoms with Crippen LogP contribution >= 0.6 is 11.8 Å². The molecule has 8 rings (SSSR count). The molecule has 4 unspecified atom stereocenters. The monoisotopic (exact) mass is 652 g/mol. The van der Waals surface area contributed by atoms with E-state index in [1.54, 1.807) is 0 Å². The summed E-state index contributed by atoms with van der Waals surface area (Å²) < 4.78 is 58.4. The largest absolute Gasteiger partial charge is 0.463 e. The number of ether oxygens (including phenoxy) is 2. The van der Waals surface area contributed by atoms with E-state index in [4.69, 9.17) is 20.2 Å². The molecule has 3 saturated heterocycles. The van der Waals surface area contributed by atoms with E-state index in [9.17, 15) is 14.0 Å². The summed E-state index contributed by atoms with van der Waals surface area (Å²) in [6, 6.07) is 2.67. The second-order valence-corrected chi connectivity index (χ2v) is 14.6. The number of thioether (sulfide) groups is 1. The number of halogens is 3. The van der Waals surface area contributed by atoms with Gasteiger partial charge < -0.3 is 25.4 Å². The Bertz CT molecular complexity index is 1730. The SMILES string of the molecule is C[C@H]1CN(CC2(COc3nc(N4CC5CCC(C4)N5)c4cnc(C5=CC(F)=C(F)C6SC(N)=C(C#N)C56)c(F)c4n3)CC2)CCO1. The fourth-order valence-corrected chi connectivity index (χ4v) is 8.82. The lowest BCUT2D eigenvalue weighted by Crippen LogP contribution is -2.51. The molecule has 3 N–H and O–H groups in total. The van der Waals surface area contributed by atoms with E-state index >= 15 is 4.39 Å². The average Bonchev–Trinajstić information content (AvgIpc) is 3.60. The lowest BCUT2D eigenvalue weighted by Gasteiger charge is -2.34. The lowest BCUT2D eigenvalue weighted by molar-refractivity contribution is -0.0273. The average molecular weight is 653 g/mol. The van der Waals surface area contributed by atoms with Gasteiger partial charge in [0, 0.05) is 62.3 Å². The van der Waals surface area contributed by atoms with Gasteiger partial charge in [0.25, 0.3) is 0 Å². The van der Waals surface area contributed by atoms with Gasteiger partial charge in [0.1, 0.15) is 22.9 Å². The molecule has 0 aromatic carbocycles. The minimum Gasteiger partial charge on any atom is -0.463 e. The van der Waals surface area contributed by atoms with E-state index in [1.165, 1.54) is 6.20 Å². The standard InChI is InChI=1S/C32H35F3N8O2S/c1-16-11-42(6-7-44-16)14-32(4-5-32)15-45-31-40-27-21(30(41-31)43-12-17-2-3-18(13-43)39-17)10-38-26(25(27)35)19-8-22(33)24(34)28-23(19)20(9-36)29(37)46-28/h8,10,16-18,23,28,39H,2-7,11-15,37H2,1H3/t16-,17?,18?,23?,28?/m0/s1.